The minimum Gasteiger partial charge on any atom is -0.354 e. The smallest absolute Gasteiger partial charge is 0.253 e. The molecule has 1 saturated carbocycles. The summed E-state index contributed by atoms with van der Waals surface area (Å²) in [5, 5.41) is 6.41. The van der Waals surface area contributed by atoms with Crippen molar-refractivity contribution < 1.29 is 9.59 Å². The van der Waals surface area contributed by atoms with E-state index in [9.17, 15) is 9.59 Å². The first-order valence-corrected chi connectivity index (χ1v) is 10.4. The van der Waals surface area contributed by atoms with Crippen LogP contribution in [-0.4, -0.2) is 43.4 Å². The van der Waals surface area contributed by atoms with E-state index in [2.05, 4.69) is 15.5 Å². The zero-order valence-electron chi connectivity index (χ0n) is 16.9. The molecule has 0 aromatic heterocycles. The number of amides is 2. The molecule has 2 aromatic carbocycles. The number of hydrogen-bond donors (Lipinski definition) is 2. The summed E-state index contributed by atoms with van der Waals surface area (Å²) < 4.78 is 0. The average Bonchev–Trinajstić information content (AvgIpc) is 3.53. The van der Waals surface area contributed by atoms with Crippen LogP contribution in [0.1, 0.15) is 41.2 Å². The van der Waals surface area contributed by atoms with Crippen LogP contribution in [0.15, 0.2) is 54.6 Å². The molecule has 0 bridgehead atoms. The van der Waals surface area contributed by atoms with Gasteiger partial charge in [0, 0.05) is 12.6 Å². The quantitative estimate of drug-likeness (QED) is 0.659. The van der Waals surface area contributed by atoms with Crippen molar-refractivity contribution in [3.05, 3.63) is 70.7 Å². The Morgan fingerprint density at radius 2 is 1.72 bits per heavy atom. The van der Waals surface area contributed by atoms with Crippen LogP contribution in [0.2, 0.25) is 5.02 Å². The average molecular weight is 414 g/mol. The van der Waals surface area contributed by atoms with Crippen LogP contribution in [0, 0.1) is 5.92 Å². The number of carbonyl (C=O) groups excluding carboxylic acids is 2. The van der Waals surface area contributed by atoms with Crippen molar-refractivity contribution in [1.82, 2.24) is 15.5 Å². The summed E-state index contributed by atoms with van der Waals surface area (Å²) in [6.07, 6.45) is 2.61. The van der Waals surface area contributed by atoms with Gasteiger partial charge in [0.1, 0.15) is 0 Å². The lowest BCUT2D eigenvalue weighted by molar-refractivity contribution is -0.121. The molecule has 3 rings (SSSR count). The summed E-state index contributed by atoms with van der Waals surface area (Å²) in [6, 6.07) is 16.4. The van der Waals surface area contributed by atoms with Crippen molar-refractivity contribution in [2.75, 3.05) is 20.6 Å². The maximum Gasteiger partial charge on any atom is 0.253 e. The maximum atomic E-state index is 12.7. The predicted molar refractivity (Wildman–Crippen MR) is 116 cm³/mol. The number of nitrogens with zero attached hydrogens (tertiary/aromatic N) is 1. The third-order valence-electron chi connectivity index (χ3n) is 5.35. The molecule has 1 fully saturated rings. The van der Waals surface area contributed by atoms with Gasteiger partial charge in [0.05, 0.1) is 23.0 Å². The number of halogens is 1. The standard InChI is InChI=1S/C23H28ClN3O2/c1-27(2)21(17-12-13-17)15-25-22(28)14-20(16-8-4-3-5-9-16)26-23(29)18-10-6-7-11-19(18)24/h3-11,17,20-21H,12-15H2,1-2H3,(H,25,28)(H,26,29)/t20-,21-/m1/s1. The Morgan fingerprint density at radius 3 is 2.34 bits per heavy atom. The predicted octanol–water partition coefficient (Wildman–Crippen LogP) is 3.66. The second-order valence-electron chi connectivity index (χ2n) is 7.79. The van der Waals surface area contributed by atoms with Crippen molar-refractivity contribution in [3.63, 3.8) is 0 Å². The third kappa shape index (κ3) is 6.05. The van der Waals surface area contributed by atoms with Gasteiger partial charge in [0.25, 0.3) is 5.91 Å². The lowest BCUT2D eigenvalue weighted by atomic mass is 10.0. The Balaban J connectivity index is 1.66. The molecule has 0 heterocycles. The van der Waals surface area contributed by atoms with Gasteiger partial charge < -0.3 is 15.5 Å². The van der Waals surface area contributed by atoms with E-state index in [-0.39, 0.29) is 18.2 Å². The van der Waals surface area contributed by atoms with Crippen LogP contribution < -0.4 is 10.6 Å². The molecular formula is C23H28ClN3O2. The molecule has 0 radical (unpaired) electrons. The summed E-state index contributed by atoms with van der Waals surface area (Å²) in [7, 11) is 4.09. The lowest BCUT2D eigenvalue weighted by Crippen LogP contribution is -2.42. The molecule has 0 spiro atoms. The van der Waals surface area contributed by atoms with Crippen LogP contribution in [0.4, 0.5) is 0 Å². The molecular weight excluding hydrogens is 386 g/mol. The highest BCUT2D eigenvalue weighted by atomic mass is 35.5. The maximum absolute atomic E-state index is 12.7. The van der Waals surface area contributed by atoms with Crippen molar-refractivity contribution in [3.8, 4) is 0 Å². The number of rotatable bonds is 9. The second-order valence-corrected chi connectivity index (χ2v) is 8.20. The van der Waals surface area contributed by atoms with Gasteiger partial charge in [-0.3, -0.25) is 9.59 Å². The summed E-state index contributed by atoms with van der Waals surface area (Å²) in [5.74, 6) is 0.294. The molecule has 2 N–H and O–H groups in total. The van der Waals surface area contributed by atoms with Crippen molar-refractivity contribution >= 4 is 23.4 Å². The van der Waals surface area contributed by atoms with Gasteiger partial charge in [-0.25, -0.2) is 0 Å². The molecule has 0 saturated heterocycles. The van der Waals surface area contributed by atoms with Gasteiger partial charge in [-0.2, -0.15) is 0 Å². The first-order valence-electron chi connectivity index (χ1n) is 9.99. The molecule has 0 unspecified atom stereocenters. The monoisotopic (exact) mass is 413 g/mol. The van der Waals surface area contributed by atoms with E-state index >= 15 is 0 Å². The highest BCUT2D eigenvalue weighted by molar-refractivity contribution is 6.33. The fraction of sp³-hybridized carbons (Fsp3) is 0.391. The fourth-order valence-corrected chi connectivity index (χ4v) is 3.77. The first-order chi connectivity index (χ1) is 14.0. The highest BCUT2D eigenvalue weighted by Gasteiger charge is 2.32. The third-order valence-corrected chi connectivity index (χ3v) is 5.68. The summed E-state index contributed by atoms with van der Waals surface area (Å²) >= 11 is 6.16. The van der Waals surface area contributed by atoms with E-state index in [4.69, 9.17) is 11.6 Å². The highest BCUT2D eigenvalue weighted by Crippen LogP contribution is 2.34. The van der Waals surface area contributed by atoms with Gasteiger partial charge in [-0.15, -0.1) is 0 Å². The van der Waals surface area contributed by atoms with Crippen molar-refractivity contribution in [2.24, 2.45) is 5.92 Å². The largest absolute Gasteiger partial charge is 0.354 e. The number of hydrogen-bond acceptors (Lipinski definition) is 3. The van der Waals surface area contributed by atoms with Gasteiger partial charge in [-0.1, -0.05) is 54.1 Å². The first kappa shape index (κ1) is 21.3. The van der Waals surface area contributed by atoms with Gasteiger partial charge in [-0.05, 0) is 50.6 Å². The van der Waals surface area contributed by atoms with E-state index < -0.39 is 6.04 Å². The second kappa shape index (κ2) is 9.90. The van der Waals surface area contributed by atoms with Crippen LogP contribution in [0.5, 0.6) is 0 Å². The molecule has 2 atom stereocenters. The van der Waals surface area contributed by atoms with Crippen LogP contribution >= 0.6 is 11.6 Å². The van der Waals surface area contributed by atoms with Crippen LogP contribution in [-0.2, 0) is 4.79 Å². The van der Waals surface area contributed by atoms with Crippen molar-refractivity contribution in [2.45, 2.75) is 31.3 Å². The topological polar surface area (TPSA) is 61.4 Å². The Labute approximate surface area is 177 Å². The Morgan fingerprint density at radius 1 is 1.07 bits per heavy atom. The molecule has 1 aliphatic rings. The Kier molecular flexibility index (Phi) is 7.29. The van der Waals surface area contributed by atoms with Gasteiger partial charge in [0.2, 0.25) is 5.91 Å². The molecule has 154 valence electrons. The Hall–Kier alpha value is -2.37. The Bertz CT molecular complexity index is 835. The number of likely N-dealkylation sites (N-methyl/N-ethyl adjacent to an activating group) is 1. The molecule has 2 amide bonds. The molecule has 29 heavy (non-hydrogen) atoms. The minimum atomic E-state index is -0.432. The fourth-order valence-electron chi connectivity index (χ4n) is 3.55. The van der Waals surface area contributed by atoms with Gasteiger partial charge in [0.15, 0.2) is 0 Å². The molecule has 2 aromatic rings. The van der Waals surface area contributed by atoms with Crippen LogP contribution in [0.25, 0.3) is 0 Å². The lowest BCUT2D eigenvalue weighted by Gasteiger charge is -2.25. The van der Waals surface area contributed by atoms with E-state index in [0.717, 1.165) is 5.56 Å². The van der Waals surface area contributed by atoms with E-state index in [1.165, 1.54) is 12.8 Å². The summed E-state index contributed by atoms with van der Waals surface area (Å²) in [4.78, 5) is 27.6. The molecule has 0 aliphatic heterocycles. The zero-order chi connectivity index (χ0) is 20.8. The minimum absolute atomic E-state index is 0.0780. The van der Waals surface area contributed by atoms with E-state index in [1.807, 2.05) is 44.4 Å². The molecule has 6 heteroatoms. The zero-order valence-corrected chi connectivity index (χ0v) is 17.7. The number of carbonyl (C=O) groups is 2. The number of benzene rings is 2. The SMILES string of the molecule is CN(C)[C@H](CNC(=O)C[C@@H](NC(=O)c1ccccc1Cl)c1ccccc1)C1CC1. The van der Waals surface area contributed by atoms with Crippen molar-refractivity contribution in [1.29, 1.82) is 0 Å². The van der Waals surface area contributed by atoms with Crippen LogP contribution in [0.3, 0.4) is 0 Å². The van der Waals surface area contributed by atoms with E-state index in [1.54, 1.807) is 24.3 Å². The molecule has 5 nitrogen and oxygen atoms in total. The molecule has 1 aliphatic carbocycles. The number of nitrogens with one attached hydrogen (secondary N) is 2. The van der Waals surface area contributed by atoms with Gasteiger partial charge >= 0.3 is 0 Å². The normalized spacial score (nSPS) is 15.6. The summed E-state index contributed by atoms with van der Waals surface area (Å²) in [6.45, 7) is 0.621. The summed E-state index contributed by atoms with van der Waals surface area (Å²) in [5.41, 5.74) is 1.28. The van der Waals surface area contributed by atoms with E-state index in [0.29, 0.717) is 29.1 Å².